The first-order valence-electron chi connectivity index (χ1n) is 12.7. The Kier molecular flexibility index (Phi) is 6.97. The maximum Gasteiger partial charge on any atom is 0.175 e. The van der Waals surface area contributed by atoms with Crippen LogP contribution in [0.15, 0.2) is 76.5 Å². The third-order valence-electron chi connectivity index (χ3n) is 7.59. The van der Waals surface area contributed by atoms with Crippen molar-refractivity contribution in [1.29, 1.82) is 0 Å². The van der Waals surface area contributed by atoms with E-state index < -0.39 is 9.84 Å². The smallest absolute Gasteiger partial charge is 0.175 e. The van der Waals surface area contributed by atoms with Gasteiger partial charge in [0.15, 0.2) is 9.84 Å². The summed E-state index contributed by atoms with van der Waals surface area (Å²) in [5, 5.41) is 0. The average Bonchev–Trinajstić information content (AvgIpc) is 3.48. The number of hydrogen-bond acceptors (Lipinski definition) is 3. The molecule has 0 radical (unpaired) electrons. The molecular formula is C32H33FO2S2. The Bertz CT molecular complexity index is 1510. The summed E-state index contributed by atoms with van der Waals surface area (Å²) in [5.74, 6) is -0.254. The summed E-state index contributed by atoms with van der Waals surface area (Å²) in [6.45, 7) is 4.49. The molecule has 0 amide bonds. The molecule has 0 atom stereocenters. The topological polar surface area (TPSA) is 34.1 Å². The Labute approximate surface area is 224 Å². The van der Waals surface area contributed by atoms with Crippen LogP contribution in [-0.2, 0) is 9.84 Å². The zero-order chi connectivity index (χ0) is 26.4. The highest BCUT2D eigenvalue weighted by atomic mass is 32.2. The van der Waals surface area contributed by atoms with Crippen LogP contribution in [-0.4, -0.2) is 20.9 Å². The van der Waals surface area contributed by atoms with E-state index in [1.165, 1.54) is 51.1 Å². The van der Waals surface area contributed by atoms with Gasteiger partial charge in [-0.3, -0.25) is 0 Å². The van der Waals surface area contributed by atoms with Gasteiger partial charge in [0, 0.05) is 11.2 Å². The Morgan fingerprint density at radius 3 is 2.00 bits per heavy atom. The summed E-state index contributed by atoms with van der Waals surface area (Å²) in [7, 11) is -3.38. The molecule has 3 aromatic carbocycles. The van der Waals surface area contributed by atoms with Crippen LogP contribution in [0.2, 0.25) is 0 Å². The number of halogens is 1. The van der Waals surface area contributed by atoms with Crippen molar-refractivity contribution in [2.45, 2.75) is 55.7 Å². The summed E-state index contributed by atoms with van der Waals surface area (Å²) < 4.78 is 39.0. The molecule has 5 heteroatoms. The van der Waals surface area contributed by atoms with E-state index in [9.17, 15) is 12.8 Å². The van der Waals surface area contributed by atoms with Gasteiger partial charge in [0.2, 0.25) is 0 Å². The van der Waals surface area contributed by atoms with Crippen LogP contribution >= 0.6 is 11.8 Å². The van der Waals surface area contributed by atoms with Gasteiger partial charge in [-0.2, -0.15) is 0 Å². The molecule has 0 heterocycles. The fourth-order valence-corrected chi connectivity index (χ4v) is 6.89. The second kappa shape index (κ2) is 9.92. The Morgan fingerprint density at radius 1 is 0.757 bits per heavy atom. The zero-order valence-electron chi connectivity index (χ0n) is 21.9. The van der Waals surface area contributed by atoms with E-state index in [1.54, 1.807) is 17.8 Å². The lowest BCUT2D eigenvalue weighted by Crippen LogP contribution is -2.06. The van der Waals surface area contributed by atoms with E-state index in [2.05, 4.69) is 44.4 Å². The molecule has 0 saturated heterocycles. The second-order valence-electron chi connectivity index (χ2n) is 11.0. The van der Waals surface area contributed by atoms with Crippen molar-refractivity contribution in [2.75, 3.05) is 12.5 Å². The molecule has 0 fully saturated rings. The molecule has 5 rings (SSSR count). The number of rotatable bonds is 6. The van der Waals surface area contributed by atoms with Crippen molar-refractivity contribution in [3.63, 3.8) is 0 Å². The predicted molar refractivity (Wildman–Crippen MR) is 155 cm³/mol. The SMILES string of the molecule is CSc1ccc(C2=C(c3ccc(S(C)(=O)=O)cc3C3=C(c4ccc(F)cc4)CC(C)(C)C3)CCC2)cc1. The van der Waals surface area contributed by atoms with Crippen molar-refractivity contribution < 1.29 is 12.8 Å². The highest BCUT2D eigenvalue weighted by molar-refractivity contribution is 7.98. The van der Waals surface area contributed by atoms with Crippen LogP contribution in [0.25, 0.3) is 22.3 Å². The third-order valence-corrected chi connectivity index (χ3v) is 9.45. The maximum atomic E-state index is 13.8. The fraction of sp³-hybridized carbons (Fsp3) is 0.312. The molecule has 2 aliphatic carbocycles. The van der Waals surface area contributed by atoms with Gasteiger partial charge in [-0.25, -0.2) is 12.8 Å². The summed E-state index contributed by atoms with van der Waals surface area (Å²) in [5.41, 5.74) is 9.41. The van der Waals surface area contributed by atoms with E-state index in [0.717, 1.165) is 48.8 Å². The Hall–Kier alpha value is -2.63. The van der Waals surface area contributed by atoms with Gasteiger partial charge in [-0.05, 0) is 125 Å². The van der Waals surface area contributed by atoms with Crippen molar-refractivity contribution in [2.24, 2.45) is 5.41 Å². The normalized spacial score (nSPS) is 17.6. The Morgan fingerprint density at radius 2 is 1.35 bits per heavy atom. The first-order valence-corrected chi connectivity index (χ1v) is 15.9. The van der Waals surface area contributed by atoms with Crippen molar-refractivity contribution >= 4 is 43.9 Å². The van der Waals surface area contributed by atoms with Crippen molar-refractivity contribution in [1.82, 2.24) is 0 Å². The summed E-state index contributed by atoms with van der Waals surface area (Å²) >= 11 is 1.74. The molecule has 192 valence electrons. The van der Waals surface area contributed by atoms with E-state index >= 15 is 0 Å². The minimum absolute atomic E-state index is 0.0257. The lowest BCUT2D eigenvalue weighted by Gasteiger charge is -2.20. The largest absolute Gasteiger partial charge is 0.224 e. The third kappa shape index (κ3) is 5.35. The molecule has 2 aliphatic rings. The standard InChI is InChI=1S/C32H33FO2S2/c1-32(2)19-30(22-8-12-23(33)13-9-22)31(20-32)29-18-25(37(4,34)35)16-17-28(29)27-7-5-6-26(27)21-10-14-24(36-3)15-11-21/h8-18H,5-7,19-20H2,1-4H3. The minimum Gasteiger partial charge on any atom is -0.224 e. The minimum atomic E-state index is -3.38. The Balaban J connectivity index is 1.75. The van der Waals surface area contributed by atoms with Crippen LogP contribution in [0, 0.1) is 11.2 Å². The lowest BCUT2D eigenvalue weighted by molar-refractivity contribution is 0.406. The molecule has 0 saturated carbocycles. The monoisotopic (exact) mass is 532 g/mol. The summed E-state index contributed by atoms with van der Waals surface area (Å²) in [4.78, 5) is 1.58. The molecule has 3 aromatic rings. The van der Waals surface area contributed by atoms with E-state index in [4.69, 9.17) is 0 Å². The van der Waals surface area contributed by atoms with Crippen LogP contribution in [0.1, 0.15) is 68.2 Å². The van der Waals surface area contributed by atoms with E-state index in [-0.39, 0.29) is 11.2 Å². The van der Waals surface area contributed by atoms with Gasteiger partial charge >= 0.3 is 0 Å². The first-order chi connectivity index (χ1) is 17.6. The number of sulfone groups is 1. The van der Waals surface area contributed by atoms with Gasteiger partial charge in [0.05, 0.1) is 4.90 Å². The molecule has 2 nitrogen and oxygen atoms in total. The van der Waals surface area contributed by atoms with Gasteiger partial charge < -0.3 is 0 Å². The molecule has 0 unspecified atom stereocenters. The highest BCUT2D eigenvalue weighted by Crippen LogP contribution is 2.52. The zero-order valence-corrected chi connectivity index (χ0v) is 23.5. The number of hydrogen-bond donors (Lipinski definition) is 0. The number of allylic oxidation sites excluding steroid dienone is 4. The van der Waals surface area contributed by atoms with Crippen LogP contribution in [0.5, 0.6) is 0 Å². The molecule has 0 spiro atoms. The van der Waals surface area contributed by atoms with Crippen molar-refractivity contribution in [3.05, 3.63) is 94.8 Å². The van der Waals surface area contributed by atoms with Crippen LogP contribution < -0.4 is 0 Å². The van der Waals surface area contributed by atoms with Gasteiger partial charge in [-0.15, -0.1) is 11.8 Å². The molecule has 0 aliphatic heterocycles. The van der Waals surface area contributed by atoms with Crippen LogP contribution in [0.3, 0.4) is 0 Å². The summed E-state index contributed by atoms with van der Waals surface area (Å²) in [6, 6.07) is 21.1. The molecule has 0 aromatic heterocycles. The molecular weight excluding hydrogens is 499 g/mol. The van der Waals surface area contributed by atoms with E-state index in [0.29, 0.717) is 4.90 Å². The fourth-order valence-electron chi connectivity index (χ4n) is 5.84. The maximum absolute atomic E-state index is 13.8. The first kappa shape index (κ1) is 26.0. The lowest BCUT2D eigenvalue weighted by atomic mass is 9.85. The number of thioether (sulfide) groups is 1. The van der Waals surface area contributed by atoms with Crippen LogP contribution in [0.4, 0.5) is 4.39 Å². The number of benzene rings is 3. The molecule has 37 heavy (non-hydrogen) atoms. The average molecular weight is 533 g/mol. The quantitative estimate of drug-likeness (QED) is 0.298. The van der Waals surface area contributed by atoms with Gasteiger partial charge in [0.1, 0.15) is 5.82 Å². The highest BCUT2D eigenvalue weighted by Gasteiger charge is 2.34. The van der Waals surface area contributed by atoms with Gasteiger partial charge in [-0.1, -0.05) is 44.2 Å². The van der Waals surface area contributed by atoms with Crippen molar-refractivity contribution in [3.8, 4) is 0 Å². The molecule has 0 N–H and O–H groups in total. The van der Waals surface area contributed by atoms with Gasteiger partial charge in [0.25, 0.3) is 0 Å². The molecule has 0 bridgehead atoms. The summed E-state index contributed by atoms with van der Waals surface area (Å²) in [6.07, 6.45) is 8.11. The predicted octanol–water partition coefficient (Wildman–Crippen LogP) is 8.78. The van der Waals surface area contributed by atoms with E-state index in [1.807, 2.05) is 24.3 Å². The second-order valence-corrected chi connectivity index (χ2v) is 13.9.